The van der Waals surface area contributed by atoms with E-state index in [0.717, 1.165) is 22.8 Å². The molecule has 0 atom stereocenters. The van der Waals surface area contributed by atoms with E-state index in [2.05, 4.69) is 27.5 Å². The first-order valence-corrected chi connectivity index (χ1v) is 7.04. The van der Waals surface area contributed by atoms with Crippen molar-refractivity contribution in [2.24, 2.45) is 0 Å². The van der Waals surface area contributed by atoms with Gasteiger partial charge in [-0.2, -0.15) is 5.10 Å². The van der Waals surface area contributed by atoms with Crippen molar-refractivity contribution in [3.63, 3.8) is 0 Å². The Bertz CT molecular complexity index is 787. The highest BCUT2D eigenvalue weighted by atomic mass is 15.4. The Kier molecular flexibility index (Phi) is 3.50. The smallest absolute Gasteiger partial charge is 0.176 e. The lowest BCUT2D eigenvalue weighted by Gasteiger charge is -2.07. The van der Waals surface area contributed by atoms with Gasteiger partial charge in [0.05, 0.1) is 5.69 Å². The number of aryl methyl sites for hydroxylation is 1. The Balaban J connectivity index is 1.83. The first kappa shape index (κ1) is 14.1. The number of nitrogens with zero attached hydrogens (tertiary/aromatic N) is 4. The Labute approximate surface area is 129 Å². The van der Waals surface area contributed by atoms with Crippen molar-refractivity contribution in [3.05, 3.63) is 53.3 Å². The second-order valence-corrected chi connectivity index (χ2v) is 5.23. The van der Waals surface area contributed by atoms with Crippen LogP contribution in [-0.2, 0) is 0 Å². The van der Waals surface area contributed by atoms with Gasteiger partial charge in [0.1, 0.15) is 0 Å². The van der Waals surface area contributed by atoms with Crippen molar-refractivity contribution < 1.29 is 0 Å². The van der Waals surface area contributed by atoms with Crippen LogP contribution in [0.5, 0.6) is 0 Å². The average molecular weight is 294 g/mol. The number of rotatable bonds is 3. The van der Waals surface area contributed by atoms with Crippen molar-refractivity contribution >= 4 is 17.2 Å². The summed E-state index contributed by atoms with van der Waals surface area (Å²) in [6, 6.07) is 11.2. The Hall–Kier alpha value is -2.89. The van der Waals surface area contributed by atoms with Gasteiger partial charge in [-0.3, -0.25) is 0 Å². The van der Waals surface area contributed by atoms with Crippen LogP contribution in [0.25, 0.3) is 5.82 Å². The van der Waals surface area contributed by atoms with Crippen molar-refractivity contribution in [2.75, 3.05) is 11.1 Å². The van der Waals surface area contributed by atoms with Gasteiger partial charge < -0.3 is 11.1 Å². The molecule has 6 heteroatoms. The van der Waals surface area contributed by atoms with Crippen LogP contribution in [-0.4, -0.2) is 20.0 Å². The third kappa shape index (κ3) is 2.63. The molecular formula is C16H18N6. The Morgan fingerprint density at radius 2 is 1.68 bits per heavy atom. The predicted molar refractivity (Wildman–Crippen MR) is 87.5 cm³/mol. The molecule has 0 radical (unpaired) electrons. The molecule has 2 aromatic heterocycles. The summed E-state index contributed by atoms with van der Waals surface area (Å²) in [5, 5.41) is 16.1. The molecule has 6 nitrogen and oxygen atoms in total. The molecule has 0 aliphatic rings. The average Bonchev–Trinajstić information content (AvgIpc) is 2.78. The first-order valence-electron chi connectivity index (χ1n) is 7.04. The first-order chi connectivity index (χ1) is 10.5. The zero-order chi connectivity index (χ0) is 15.7. The van der Waals surface area contributed by atoms with Crippen LogP contribution in [0.4, 0.5) is 17.2 Å². The molecule has 0 spiro atoms. The summed E-state index contributed by atoms with van der Waals surface area (Å²) in [6.45, 7) is 6.07. The maximum atomic E-state index is 5.67. The van der Waals surface area contributed by atoms with Gasteiger partial charge >= 0.3 is 0 Å². The van der Waals surface area contributed by atoms with Gasteiger partial charge in [-0.15, -0.1) is 10.2 Å². The number of anilines is 3. The van der Waals surface area contributed by atoms with Crippen LogP contribution in [0.1, 0.15) is 17.0 Å². The molecule has 0 aliphatic carbocycles. The molecule has 0 amide bonds. The minimum absolute atomic E-state index is 0.673. The van der Waals surface area contributed by atoms with Gasteiger partial charge in [0, 0.05) is 17.1 Å². The number of nitrogen functional groups attached to an aromatic ring is 1. The largest absolute Gasteiger partial charge is 0.399 e. The van der Waals surface area contributed by atoms with E-state index < -0.39 is 0 Å². The van der Waals surface area contributed by atoms with E-state index in [-0.39, 0.29) is 0 Å². The standard InChI is InChI=1S/C16H18N6/c1-10-11(2)21-22(12(10)3)16-9-8-15(19-20-16)18-14-6-4-13(17)5-7-14/h4-9H,17H2,1-3H3,(H,18,19). The SMILES string of the molecule is Cc1nn(-c2ccc(Nc3ccc(N)cc3)nn2)c(C)c1C. The number of nitrogens with two attached hydrogens (primary N) is 1. The second-order valence-electron chi connectivity index (χ2n) is 5.23. The molecule has 3 N–H and O–H groups in total. The zero-order valence-electron chi connectivity index (χ0n) is 12.8. The molecule has 0 bridgehead atoms. The van der Waals surface area contributed by atoms with E-state index in [1.165, 1.54) is 5.56 Å². The minimum atomic E-state index is 0.673. The maximum absolute atomic E-state index is 5.67. The van der Waals surface area contributed by atoms with Crippen LogP contribution >= 0.6 is 0 Å². The van der Waals surface area contributed by atoms with Crippen LogP contribution in [0.2, 0.25) is 0 Å². The van der Waals surface area contributed by atoms with Crippen LogP contribution in [0.3, 0.4) is 0 Å². The summed E-state index contributed by atoms with van der Waals surface area (Å²) in [5.41, 5.74) is 10.6. The Morgan fingerprint density at radius 1 is 0.955 bits per heavy atom. The number of nitrogens with one attached hydrogen (secondary N) is 1. The fourth-order valence-electron chi connectivity index (χ4n) is 2.16. The lowest BCUT2D eigenvalue weighted by atomic mass is 10.2. The molecule has 0 fully saturated rings. The highest BCUT2D eigenvalue weighted by Crippen LogP contribution is 2.18. The normalized spacial score (nSPS) is 10.7. The molecule has 3 rings (SSSR count). The molecule has 0 aliphatic heterocycles. The third-order valence-electron chi connectivity index (χ3n) is 3.70. The summed E-state index contributed by atoms with van der Waals surface area (Å²) in [6.07, 6.45) is 0. The summed E-state index contributed by atoms with van der Waals surface area (Å²) >= 11 is 0. The monoisotopic (exact) mass is 294 g/mol. The van der Waals surface area contributed by atoms with E-state index in [1.54, 1.807) is 0 Å². The van der Waals surface area contributed by atoms with Gasteiger partial charge in [-0.05, 0) is 62.7 Å². The molecule has 0 unspecified atom stereocenters. The third-order valence-corrected chi connectivity index (χ3v) is 3.70. The van der Waals surface area contributed by atoms with Crippen LogP contribution in [0, 0.1) is 20.8 Å². The maximum Gasteiger partial charge on any atom is 0.176 e. The predicted octanol–water partition coefficient (Wildman–Crippen LogP) is 2.91. The zero-order valence-corrected chi connectivity index (χ0v) is 12.8. The highest BCUT2D eigenvalue weighted by molar-refractivity contribution is 5.59. The summed E-state index contributed by atoms with van der Waals surface area (Å²) in [4.78, 5) is 0. The fourth-order valence-corrected chi connectivity index (χ4v) is 2.16. The summed E-state index contributed by atoms with van der Waals surface area (Å²) < 4.78 is 1.81. The topological polar surface area (TPSA) is 81.7 Å². The fraction of sp³-hybridized carbons (Fsp3) is 0.188. The van der Waals surface area contributed by atoms with Crippen molar-refractivity contribution in [1.29, 1.82) is 0 Å². The number of aromatic nitrogens is 4. The lowest BCUT2D eigenvalue weighted by Crippen LogP contribution is -2.04. The number of hydrogen-bond acceptors (Lipinski definition) is 5. The minimum Gasteiger partial charge on any atom is -0.399 e. The molecule has 112 valence electrons. The van der Waals surface area contributed by atoms with Crippen molar-refractivity contribution in [3.8, 4) is 5.82 Å². The molecule has 1 aromatic carbocycles. The van der Waals surface area contributed by atoms with Gasteiger partial charge in [0.25, 0.3) is 0 Å². The van der Waals surface area contributed by atoms with E-state index in [0.29, 0.717) is 11.6 Å². The second kappa shape index (κ2) is 5.48. The van der Waals surface area contributed by atoms with Crippen molar-refractivity contribution in [2.45, 2.75) is 20.8 Å². The lowest BCUT2D eigenvalue weighted by molar-refractivity contribution is 0.782. The number of hydrogen-bond donors (Lipinski definition) is 2. The van der Waals surface area contributed by atoms with Crippen LogP contribution in [0.15, 0.2) is 36.4 Å². The highest BCUT2D eigenvalue weighted by Gasteiger charge is 2.10. The molecular weight excluding hydrogens is 276 g/mol. The van der Waals surface area contributed by atoms with Gasteiger partial charge in [-0.25, -0.2) is 4.68 Å². The van der Waals surface area contributed by atoms with Gasteiger partial charge in [0.15, 0.2) is 11.6 Å². The molecule has 2 heterocycles. The quantitative estimate of drug-likeness (QED) is 0.726. The molecule has 0 saturated carbocycles. The molecule has 3 aromatic rings. The van der Waals surface area contributed by atoms with E-state index >= 15 is 0 Å². The molecule has 0 saturated heterocycles. The van der Waals surface area contributed by atoms with Gasteiger partial charge in [-0.1, -0.05) is 0 Å². The van der Waals surface area contributed by atoms with Crippen molar-refractivity contribution in [1.82, 2.24) is 20.0 Å². The van der Waals surface area contributed by atoms with E-state index in [9.17, 15) is 0 Å². The van der Waals surface area contributed by atoms with Crippen LogP contribution < -0.4 is 11.1 Å². The molecule has 22 heavy (non-hydrogen) atoms. The number of benzene rings is 1. The Morgan fingerprint density at radius 3 is 2.23 bits per heavy atom. The van der Waals surface area contributed by atoms with E-state index in [1.807, 2.05) is 54.9 Å². The summed E-state index contributed by atoms with van der Waals surface area (Å²) in [7, 11) is 0. The van der Waals surface area contributed by atoms with E-state index in [4.69, 9.17) is 5.73 Å². The van der Waals surface area contributed by atoms with Gasteiger partial charge in [0.2, 0.25) is 0 Å². The summed E-state index contributed by atoms with van der Waals surface area (Å²) in [5.74, 6) is 1.38.